The molecule has 0 aliphatic heterocycles. The third-order valence-electron chi connectivity index (χ3n) is 2.71. The van der Waals surface area contributed by atoms with Crippen LogP contribution in [0.5, 0.6) is 11.5 Å². The highest BCUT2D eigenvalue weighted by Gasteiger charge is 2.07. The van der Waals surface area contributed by atoms with Crippen LogP contribution in [0.25, 0.3) is 0 Å². The van der Waals surface area contributed by atoms with Gasteiger partial charge in [0.1, 0.15) is 0 Å². The Bertz CT molecular complexity index is 339. The number of ether oxygens (including phenoxy) is 2. The molecular weight excluding hydrogens is 214 g/mol. The fourth-order valence-electron chi connectivity index (χ4n) is 1.69. The summed E-state index contributed by atoms with van der Waals surface area (Å²) in [4.78, 5) is 0. The van der Waals surface area contributed by atoms with Gasteiger partial charge in [0.05, 0.1) is 13.7 Å². The number of methoxy groups -OCH3 is 1. The molecule has 0 bridgehead atoms. The molecule has 17 heavy (non-hydrogen) atoms. The molecule has 3 heteroatoms. The summed E-state index contributed by atoms with van der Waals surface area (Å²) in [5.41, 5.74) is 1.26. The molecule has 1 atom stereocenters. The lowest BCUT2D eigenvalue weighted by Crippen LogP contribution is -2.21. The normalized spacial score (nSPS) is 12.2. The van der Waals surface area contributed by atoms with Gasteiger partial charge in [-0.15, -0.1) is 0 Å². The number of aryl methyl sites for hydroxylation is 1. The summed E-state index contributed by atoms with van der Waals surface area (Å²) < 4.78 is 11.1. The first-order valence-electron chi connectivity index (χ1n) is 6.15. The van der Waals surface area contributed by atoms with E-state index in [9.17, 15) is 0 Å². The highest BCUT2D eigenvalue weighted by atomic mass is 16.5. The number of rotatable bonds is 7. The Kier molecular flexibility index (Phi) is 5.84. The number of hydrogen-bond donors (Lipinski definition) is 1. The van der Waals surface area contributed by atoms with Gasteiger partial charge in [0.25, 0.3) is 0 Å². The lowest BCUT2D eigenvalue weighted by Gasteiger charge is -2.15. The monoisotopic (exact) mass is 237 g/mol. The number of hydrogen-bond acceptors (Lipinski definition) is 3. The maximum atomic E-state index is 5.78. The van der Waals surface area contributed by atoms with Crippen LogP contribution in [0.4, 0.5) is 0 Å². The zero-order valence-electron chi connectivity index (χ0n) is 11.2. The SMILES string of the molecule is CCc1ccc(OCC(C)CNC)c(OC)c1. The van der Waals surface area contributed by atoms with Crippen LogP contribution in [0.2, 0.25) is 0 Å². The minimum Gasteiger partial charge on any atom is -0.493 e. The second kappa shape index (κ2) is 7.17. The van der Waals surface area contributed by atoms with E-state index in [1.807, 2.05) is 19.2 Å². The largest absolute Gasteiger partial charge is 0.493 e. The van der Waals surface area contributed by atoms with Crippen molar-refractivity contribution in [2.75, 3.05) is 27.3 Å². The predicted octanol–water partition coefficient (Wildman–Crippen LogP) is 2.49. The van der Waals surface area contributed by atoms with Gasteiger partial charge in [-0.1, -0.05) is 19.9 Å². The third-order valence-corrected chi connectivity index (χ3v) is 2.71. The minimum absolute atomic E-state index is 0.482. The van der Waals surface area contributed by atoms with Crippen molar-refractivity contribution in [3.63, 3.8) is 0 Å². The lowest BCUT2D eigenvalue weighted by atomic mass is 10.1. The topological polar surface area (TPSA) is 30.5 Å². The van der Waals surface area contributed by atoms with Crippen LogP contribution in [-0.4, -0.2) is 27.3 Å². The van der Waals surface area contributed by atoms with E-state index in [0.29, 0.717) is 12.5 Å². The molecule has 0 saturated carbocycles. The van der Waals surface area contributed by atoms with Crippen molar-refractivity contribution in [2.45, 2.75) is 20.3 Å². The van der Waals surface area contributed by atoms with E-state index >= 15 is 0 Å². The molecule has 0 aliphatic rings. The van der Waals surface area contributed by atoms with E-state index in [0.717, 1.165) is 24.5 Å². The molecule has 0 aliphatic carbocycles. The quantitative estimate of drug-likeness (QED) is 0.790. The van der Waals surface area contributed by atoms with Crippen LogP contribution in [0.15, 0.2) is 18.2 Å². The van der Waals surface area contributed by atoms with E-state index < -0.39 is 0 Å². The summed E-state index contributed by atoms with van der Waals surface area (Å²) >= 11 is 0. The molecule has 1 rings (SSSR count). The maximum Gasteiger partial charge on any atom is 0.161 e. The minimum atomic E-state index is 0.482. The first-order chi connectivity index (χ1) is 8.21. The van der Waals surface area contributed by atoms with Crippen LogP contribution < -0.4 is 14.8 Å². The molecule has 1 aromatic rings. The molecule has 0 amide bonds. The van der Waals surface area contributed by atoms with Gasteiger partial charge in [-0.3, -0.25) is 0 Å². The standard InChI is InChI=1S/C14H23NO2/c1-5-12-6-7-13(14(8-12)16-4)17-10-11(2)9-15-3/h6-8,11,15H,5,9-10H2,1-4H3. The summed E-state index contributed by atoms with van der Waals surface area (Å²) in [6.45, 7) is 5.94. The molecule has 0 fully saturated rings. The Morgan fingerprint density at radius 2 is 2.06 bits per heavy atom. The Morgan fingerprint density at radius 1 is 1.29 bits per heavy atom. The Hall–Kier alpha value is -1.22. The van der Waals surface area contributed by atoms with Gasteiger partial charge < -0.3 is 14.8 Å². The first-order valence-corrected chi connectivity index (χ1v) is 6.15. The summed E-state index contributed by atoms with van der Waals surface area (Å²) in [5.74, 6) is 2.13. The van der Waals surface area contributed by atoms with Gasteiger partial charge in [-0.25, -0.2) is 0 Å². The van der Waals surface area contributed by atoms with Crippen LogP contribution in [0.1, 0.15) is 19.4 Å². The zero-order valence-corrected chi connectivity index (χ0v) is 11.2. The Balaban J connectivity index is 2.63. The lowest BCUT2D eigenvalue weighted by molar-refractivity contribution is 0.246. The van der Waals surface area contributed by atoms with Crippen molar-refractivity contribution in [1.82, 2.24) is 5.32 Å². The van der Waals surface area contributed by atoms with Crippen molar-refractivity contribution < 1.29 is 9.47 Å². The van der Waals surface area contributed by atoms with Crippen LogP contribution in [0.3, 0.4) is 0 Å². The summed E-state index contributed by atoms with van der Waals surface area (Å²) in [6.07, 6.45) is 1.01. The Labute approximate surface area is 104 Å². The second-order valence-electron chi connectivity index (χ2n) is 4.31. The van der Waals surface area contributed by atoms with Crippen LogP contribution in [-0.2, 0) is 6.42 Å². The van der Waals surface area contributed by atoms with Crippen molar-refractivity contribution in [2.24, 2.45) is 5.92 Å². The second-order valence-corrected chi connectivity index (χ2v) is 4.31. The molecule has 96 valence electrons. The first kappa shape index (κ1) is 13.8. The van der Waals surface area contributed by atoms with Crippen molar-refractivity contribution in [1.29, 1.82) is 0 Å². The molecule has 0 radical (unpaired) electrons. The molecule has 1 N–H and O–H groups in total. The average Bonchev–Trinajstić information content (AvgIpc) is 2.36. The number of nitrogens with one attached hydrogen (secondary N) is 1. The predicted molar refractivity (Wildman–Crippen MR) is 71.0 cm³/mol. The van der Waals surface area contributed by atoms with E-state index in [2.05, 4.69) is 25.2 Å². The summed E-state index contributed by atoms with van der Waals surface area (Å²) in [7, 11) is 3.63. The van der Waals surface area contributed by atoms with E-state index in [1.54, 1.807) is 7.11 Å². The molecule has 0 spiro atoms. The Morgan fingerprint density at radius 3 is 2.65 bits per heavy atom. The molecule has 3 nitrogen and oxygen atoms in total. The molecule has 0 heterocycles. The maximum absolute atomic E-state index is 5.78. The van der Waals surface area contributed by atoms with Gasteiger partial charge in [-0.05, 0) is 31.2 Å². The fraction of sp³-hybridized carbons (Fsp3) is 0.571. The van der Waals surface area contributed by atoms with Gasteiger partial charge >= 0.3 is 0 Å². The highest BCUT2D eigenvalue weighted by molar-refractivity contribution is 5.42. The third kappa shape index (κ3) is 4.27. The number of benzene rings is 1. The molecule has 0 aromatic heterocycles. The van der Waals surface area contributed by atoms with E-state index in [4.69, 9.17) is 9.47 Å². The van der Waals surface area contributed by atoms with Crippen molar-refractivity contribution in [3.05, 3.63) is 23.8 Å². The van der Waals surface area contributed by atoms with Crippen LogP contribution >= 0.6 is 0 Å². The van der Waals surface area contributed by atoms with Gasteiger partial charge in [-0.2, -0.15) is 0 Å². The van der Waals surface area contributed by atoms with Gasteiger partial charge in [0.15, 0.2) is 11.5 Å². The molecule has 0 saturated heterocycles. The molecule has 1 aromatic carbocycles. The molecule has 1 unspecified atom stereocenters. The fourth-order valence-corrected chi connectivity index (χ4v) is 1.69. The zero-order chi connectivity index (χ0) is 12.7. The molecular formula is C14H23NO2. The van der Waals surface area contributed by atoms with Crippen molar-refractivity contribution in [3.8, 4) is 11.5 Å². The smallest absolute Gasteiger partial charge is 0.161 e. The van der Waals surface area contributed by atoms with E-state index in [-0.39, 0.29) is 0 Å². The highest BCUT2D eigenvalue weighted by Crippen LogP contribution is 2.28. The average molecular weight is 237 g/mol. The van der Waals surface area contributed by atoms with Crippen molar-refractivity contribution >= 4 is 0 Å². The van der Waals surface area contributed by atoms with Gasteiger partial charge in [0, 0.05) is 12.5 Å². The summed E-state index contributed by atoms with van der Waals surface area (Å²) in [5, 5.41) is 3.14. The van der Waals surface area contributed by atoms with Crippen LogP contribution in [0, 0.1) is 5.92 Å². The summed E-state index contributed by atoms with van der Waals surface area (Å²) in [6, 6.07) is 6.11. The van der Waals surface area contributed by atoms with Gasteiger partial charge in [0.2, 0.25) is 0 Å². The van der Waals surface area contributed by atoms with E-state index in [1.165, 1.54) is 5.56 Å².